The van der Waals surface area contributed by atoms with Gasteiger partial charge in [0.05, 0.1) is 5.75 Å². The molecule has 1 N–H and O–H groups in total. The van der Waals surface area contributed by atoms with Gasteiger partial charge in [-0.1, -0.05) is 13.0 Å². The van der Waals surface area contributed by atoms with Gasteiger partial charge < -0.3 is 5.32 Å². The smallest absolute Gasteiger partial charge is 0.150 e. The van der Waals surface area contributed by atoms with E-state index in [1.165, 1.54) is 5.56 Å². The zero-order chi connectivity index (χ0) is 13.4. The third kappa shape index (κ3) is 5.60. The van der Waals surface area contributed by atoms with Crippen molar-refractivity contribution >= 4 is 9.84 Å². The molecule has 1 aromatic heterocycles. The lowest BCUT2D eigenvalue weighted by atomic mass is 10.0. The number of pyridine rings is 1. The quantitative estimate of drug-likeness (QED) is 0.776. The lowest BCUT2D eigenvalue weighted by Crippen LogP contribution is -2.28. The summed E-state index contributed by atoms with van der Waals surface area (Å²) in [4.78, 5) is 4.08. The standard InChI is InChI=1S/C13H22N2O2S/c1-3-18(16,17)9-5-7-13(14-2)10-12-6-4-8-15-11-12/h4,6,8,11,13-14H,3,5,7,9-10H2,1-2H3. The Balaban J connectivity index is 2.39. The largest absolute Gasteiger partial charge is 0.317 e. The third-order valence-corrected chi connectivity index (χ3v) is 4.85. The Morgan fingerprint density at radius 2 is 2.22 bits per heavy atom. The third-order valence-electron chi connectivity index (χ3n) is 3.06. The number of likely N-dealkylation sites (N-methyl/N-ethyl adjacent to an activating group) is 1. The zero-order valence-corrected chi connectivity index (χ0v) is 11.9. The van der Waals surface area contributed by atoms with Crippen LogP contribution in [0, 0.1) is 0 Å². The first kappa shape index (κ1) is 15.1. The Morgan fingerprint density at radius 3 is 2.78 bits per heavy atom. The molecule has 0 fully saturated rings. The molecule has 0 saturated carbocycles. The van der Waals surface area contributed by atoms with Crippen LogP contribution in [0.15, 0.2) is 24.5 Å². The minimum absolute atomic E-state index is 0.236. The minimum atomic E-state index is -2.84. The molecule has 1 unspecified atom stereocenters. The molecule has 0 spiro atoms. The molecule has 4 nitrogen and oxygen atoms in total. The fourth-order valence-corrected chi connectivity index (χ4v) is 2.74. The predicted octanol–water partition coefficient (Wildman–Crippen LogP) is 1.43. The summed E-state index contributed by atoms with van der Waals surface area (Å²) < 4.78 is 22.8. The number of rotatable bonds is 8. The highest BCUT2D eigenvalue weighted by Gasteiger charge is 2.11. The molecule has 0 aromatic carbocycles. The number of nitrogens with zero attached hydrogens (tertiary/aromatic N) is 1. The lowest BCUT2D eigenvalue weighted by Gasteiger charge is -2.15. The first-order valence-corrected chi connectivity index (χ1v) is 8.16. The highest BCUT2D eigenvalue weighted by Crippen LogP contribution is 2.07. The number of nitrogens with one attached hydrogen (secondary N) is 1. The van der Waals surface area contributed by atoms with E-state index in [-0.39, 0.29) is 11.5 Å². The van der Waals surface area contributed by atoms with E-state index in [9.17, 15) is 8.42 Å². The van der Waals surface area contributed by atoms with Crippen molar-refractivity contribution in [1.82, 2.24) is 10.3 Å². The van der Waals surface area contributed by atoms with Gasteiger partial charge in [0.1, 0.15) is 9.84 Å². The molecule has 0 aliphatic carbocycles. The van der Waals surface area contributed by atoms with Crippen molar-refractivity contribution in [2.75, 3.05) is 18.6 Å². The highest BCUT2D eigenvalue weighted by molar-refractivity contribution is 7.91. The normalized spacial score (nSPS) is 13.4. The maximum atomic E-state index is 11.4. The van der Waals surface area contributed by atoms with Crippen LogP contribution in [-0.4, -0.2) is 38.0 Å². The SMILES string of the molecule is CCS(=O)(=O)CCCC(Cc1cccnc1)NC. The number of aromatic nitrogens is 1. The zero-order valence-electron chi connectivity index (χ0n) is 11.1. The Labute approximate surface area is 110 Å². The molecule has 1 aromatic rings. The molecule has 0 saturated heterocycles. The summed E-state index contributed by atoms with van der Waals surface area (Å²) >= 11 is 0. The first-order chi connectivity index (χ1) is 8.57. The van der Waals surface area contributed by atoms with Gasteiger partial charge in [0, 0.05) is 24.2 Å². The van der Waals surface area contributed by atoms with E-state index in [2.05, 4.69) is 10.3 Å². The molecule has 0 aliphatic rings. The van der Waals surface area contributed by atoms with E-state index in [1.54, 1.807) is 13.1 Å². The molecular formula is C13H22N2O2S. The van der Waals surface area contributed by atoms with Crippen LogP contribution in [-0.2, 0) is 16.3 Å². The maximum absolute atomic E-state index is 11.4. The molecule has 0 radical (unpaired) electrons. The van der Waals surface area contributed by atoms with Crippen molar-refractivity contribution in [2.45, 2.75) is 32.2 Å². The van der Waals surface area contributed by atoms with Crippen molar-refractivity contribution in [2.24, 2.45) is 0 Å². The maximum Gasteiger partial charge on any atom is 0.150 e. The fraction of sp³-hybridized carbons (Fsp3) is 0.615. The van der Waals surface area contributed by atoms with Gasteiger partial charge in [-0.15, -0.1) is 0 Å². The molecule has 1 heterocycles. The van der Waals surface area contributed by atoms with Gasteiger partial charge in [-0.05, 0) is 37.9 Å². The number of hydrogen-bond donors (Lipinski definition) is 1. The van der Waals surface area contributed by atoms with Crippen molar-refractivity contribution in [3.63, 3.8) is 0 Å². The summed E-state index contributed by atoms with van der Waals surface area (Å²) in [6, 6.07) is 4.27. The second kappa shape index (κ2) is 7.48. The lowest BCUT2D eigenvalue weighted by molar-refractivity contribution is 0.510. The second-order valence-electron chi connectivity index (χ2n) is 4.43. The second-order valence-corrected chi connectivity index (χ2v) is 6.90. The molecule has 0 bridgehead atoms. The average molecular weight is 270 g/mol. The van der Waals surface area contributed by atoms with Crippen molar-refractivity contribution < 1.29 is 8.42 Å². The van der Waals surface area contributed by atoms with Crippen LogP contribution in [0.4, 0.5) is 0 Å². The predicted molar refractivity (Wildman–Crippen MR) is 74.4 cm³/mol. The topological polar surface area (TPSA) is 59.1 Å². The van der Waals surface area contributed by atoms with Crippen LogP contribution in [0.5, 0.6) is 0 Å². The van der Waals surface area contributed by atoms with Gasteiger partial charge in [-0.25, -0.2) is 8.42 Å². The highest BCUT2D eigenvalue weighted by atomic mass is 32.2. The first-order valence-electron chi connectivity index (χ1n) is 6.34. The van der Waals surface area contributed by atoms with E-state index in [4.69, 9.17) is 0 Å². The van der Waals surface area contributed by atoms with Gasteiger partial charge in [-0.2, -0.15) is 0 Å². The molecule has 18 heavy (non-hydrogen) atoms. The van der Waals surface area contributed by atoms with Crippen LogP contribution < -0.4 is 5.32 Å². The Hall–Kier alpha value is -0.940. The van der Waals surface area contributed by atoms with Crippen LogP contribution in [0.2, 0.25) is 0 Å². The number of sulfone groups is 1. The van der Waals surface area contributed by atoms with Gasteiger partial charge in [-0.3, -0.25) is 4.98 Å². The Bertz CT molecular complexity index is 432. The molecular weight excluding hydrogens is 248 g/mol. The molecule has 1 atom stereocenters. The van der Waals surface area contributed by atoms with Crippen molar-refractivity contribution in [1.29, 1.82) is 0 Å². The summed E-state index contributed by atoms with van der Waals surface area (Å²) in [6.07, 6.45) is 6.07. The van der Waals surface area contributed by atoms with Gasteiger partial charge in [0.25, 0.3) is 0 Å². The molecule has 102 valence electrons. The van der Waals surface area contributed by atoms with Crippen LogP contribution in [0.25, 0.3) is 0 Å². The van der Waals surface area contributed by atoms with Crippen LogP contribution in [0.1, 0.15) is 25.3 Å². The summed E-state index contributed by atoms with van der Waals surface area (Å²) in [6.45, 7) is 1.69. The van der Waals surface area contributed by atoms with E-state index in [0.29, 0.717) is 12.5 Å². The summed E-state index contributed by atoms with van der Waals surface area (Å²) in [5, 5.41) is 3.23. The summed E-state index contributed by atoms with van der Waals surface area (Å²) in [5.41, 5.74) is 1.18. The monoisotopic (exact) mass is 270 g/mol. The molecule has 5 heteroatoms. The summed E-state index contributed by atoms with van der Waals surface area (Å²) in [7, 11) is -0.924. The van der Waals surface area contributed by atoms with Crippen LogP contribution in [0.3, 0.4) is 0 Å². The van der Waals surface area contributed by atoms with E-state index in [0.717, 1.165) is 12.8 Å². The Kier molecular flexibility index (Phi) is 6.29. The van der Waals surface area contributed by atoms with Crippen LogP contribution >= 0.6 is 0 Å². The van der Waals surface area contributed by atoms with Gasteiger partial charge >= 0.3 is 0 Å². The number of hydrogen-bond acceptors (Lipinski definition) is 4. The Morgan fingerprint density at radius 1 is 1.44 bits per heavy atom. The molecule has 0 amide bonds. The van der Waals surface area contributed by atoms with Crippen molar-refractivity contribution in [3.8, 4) is 0 Å². The van der Waals surface area contributed by atoms with Crippen molar-refractivity contribution in [3.05, 3.63) is 30.1 Å². The van der Waals surface area contributed by atoms with E-state index >= 15 is 0 Å². The molecule has 1 rings (SSSR count). The van der Waals surface area contributed by atoms with Gasteiger partial charge in [0.2, 0.25) is 0 Å². The van der Waals surface area contributed by atoms with Gasteiger partial charge in [0.15, 0.2) is 0 Å². The molecule has 0 aliphatic heterocycles. The average Bonchev–Trinajstić information content (AvgIpc) is 2.38. The van der Waals surface area contributed by atoms with E-state index in [1.807, 2.05) is 25.4 Å². The summed E-state index contributed by atoms with van der Waals surface area (Å²) in [5.74, 6) is 0.522. The van der Waals surface area contributed by atoms with E-state index < -0.39 is 9.84 Å². The fourth-order valence-electron chi connectivity index (χ4n) is 1.85. The minimum Gasteiger partial charge on any atom is -0.317 e.